The molecule has 3 aromatic carbocycles. The molecule has 3 aliphatic rings. The van der Waals surface area contributed by atoms with Crippen molar-refractivity contribution in [3.63, 3.8) is 0 Å². The van der Waals surface area contributed by atoms with E-state index in [1.165, 1.54) is 11.1 Å². The van der Waals surface area contributed by atoms with Crippen molar-refractivity contribution >= 4 is 29.1 Å². The molecule has 0 aromatic heterocycles. The van der Waals surface area contributed by atoms with Crippen molar-refractivity contribution < 1.29 is 19.1 Å². The summed E-state index contributed by atoms with van der Waals surface area (Å²) in [5.74, 6) is 0.0658. The van der Waals surface area contributed by atoms with Crippen LogP contribution in [0.2, 0.25) is 0 Å². The molecule has 1 fully saturated rings. The third-order valence-electron chi connectivity index (χ3n) is 7.03. The minimum Gasteiger partial charge on any atom is -0.482 e. The molecule has 3 amide bonds. The van der Waals surface area contributed by atoms with E-state index in [0.29, 0.717) is 29.1 Å². The van der Waals surface area contributed by atoms with E-state index in [2.05, 4.69) is 22.0 Å². The first-order chi connectivity index (χ1) is 18.0. The summed E-state index contributed by atoms with van der Waals surface area (Å²) < 4.78 is 5.48. The number of nitrogens with zero attached hydrogens (tertiary/aromatic N) is 1. The molecular weight excluding hydrogens is 468 g/mol. The number of ether oxygens (including phenoxy) is 1. The van der Waals surface area contributed by atoms with E-state index in [1.54, 1.807) is 30.3 Å². The summed E-state index contributed by atoms with van der Waals surface area (Å²) in [5.41, 5.74) is 5.96. The number of benzene rings is 3. The number of hydrogen-bond acceptors (Lipinski definition) is 5. The molecule has 6 rings (SSSR count). The molecule has 0 bridgehead atoms. The van der Waals surface area contributed by atoms with Gasteiger partial charge in [0.05, 0.1) is 5.69 Å². The van der Waals surface area contributed by atoms with Gasteiger partial charge in [0, 0.05) is 35.9 Å². The van der Waals surface area contributed by atoms with Crippen LogP contribution in [0.1, 0.15) is 50.2 Å². The minimum absolute atomic E-state index is 0.0550. The number of anilines is 2. The minimum atomic E-state index is -0.205. The first-order valence-corrected chi connectivity index (χ1v) is 12.6. The van der Waals surface area contributed by atoms with E-state index in [4.69, 9.17) is 4.74 Å². The second-order valence-electron chi connectivity index (χ2n) is 9.77. The zero-order chi connectivity index (χ0) is 25.4. The fourth-order valence-electron chi connectivity index (χ4n) is 4.85. The van der Waals surface area contributed by atoms with E-state index in [0.717, 1.165) is 43.6 Å². The third kappa shape index (κ3) is 5.06. The van der Waals surface area contributed by atoms with E-state index in [9.17, 15) is 14.4 Å². The Bertz CT molecular complexity index is 1380. The molecule has 2 heterocycles. The highest BCUT2D eigenvalue weighted by Gasteiger charge is 2.33. The van der Waals surface area contributed by atoms with E-state index in [1.807, 2.05) is 29.2 Å². The van der Waals surface area contributed by atoms with Gasteiger partial charge in [0.15, 0.2) is 6.61 Å². The largest absolute Gasteiger partial charge is 0.482 e. The monoisotopic (exact) mass is 496 g/mol. The van der Waals surface area contributed by atoms with Crippen molar-refractivity contribution in [1.82, 2.24) is 10.2 Å². The van der Waals surface area contributed by atoms with Gasteiger partial charge < -0.3 is 25.6 Å². The molecule has 1 saturated carbocycles. The maximum Gasteiger partial charge on any atom is 0.262 e. The summed E-state index contributed by atoms with van der Waals surface area (Å²) in [5, 5.41) is 9.10. The Labute approximate surface area is 215 Å². The number of nitrogens with one attached hydrogen (secondary N) is 3. The Morgan fingerprint density at radius 1 is 0.973 bits per heavy atom. The highest BCUT2D eigenvalue weighted by atomic mass is 16.5. The molecule has 37 heavy (non-hydrogen) atoms. The molecule has 0 spiro atoms. The zero-order valence-corrected chi connectivity index (χ0v) is 20.4. The van der Waals surface area contributed by atoms with Crippen LogP contribution in [0, 0.1) is 0 Å². The van der Waals surface area contributed by atoms with Crippen molar-refractivity contribution in [3.8, 4) is 5.75 Å². The highest BCUT2D eigenvalue weighted by molar-refractivity contribution is 6.04. The predicted octanol–water partition coefficient (Wildman–Crippen LogP) is 3.72. The van der Waals surface area contributed by atoms with Gasteiger partial charge in [-0.25, -0.2) is 0 Å². The van der Waals surface area contributed by atoms with Crippen LogP contribution >= 0.6 is 0 Å². The molecule has 0 radical (unpaired) electrons. The van der Waals surface area contributed by atoms with Crippen LogP contribution in [0.25, 0.3) is 0 Å². The Morgan fingerprint density at radius 3 is 2.59 bits per heavy atom. The Morgan fingerprint density at radius 2 is 1.78 bits per heavy atom. The lowest BCUT2D eigenvalue weighted by Crippen LogP contribution is -2.33. The average Bonchev–Trinajstić information content (AvgIpc) is 3.77. The topological polar surface area (TPSA) is 99.8 Å². The van der Waals surface area contributed by atoms with Gasteiger partial charge in [-0.05, 0) is 85.0 Å². The van der Waals surface area contributed by atoms with Gasteiger partial charge in [0.1, 0.15) is 5.75 Å². The molecule has 1 aliphatic carbocycles. The fourth-order valence-corrected chi connectivity index (χ4v) is 4.85. The van der Waals surface area contributed by atoms with Crippen molar-refractivity contribution in [2.75, 3.05) is 23.8 Å². The number of hydrogen-bond donors (Lipinski definition) is 3. The molecule has 0 atom stereocenters. The quantitative estimate of drug-likeness (QED) is 0.483. The molecule has 8 heteroatoms. The van der Waals surface area contributed by atoms with Crippen LogP contribution in [0.5, 0.6) is 5.75 Å². The average molecular weight is 497 g/mol. The van der Waals surface area contributed by atoms with Crippen molar-refractivity contribution in [2.45, 2.75) is 38.4 Å². The smallest absolute Gasteiger partial charge is 0.262 e. The number of carbonyl (C=O) groups excluding carboxylic acids is 3. The van der Waals surface area contributed by atoms with Gasteiger partial charge in [0.25, 0.3) is 17.7 Å². The maximum absolute atomic E-state index is 13.4. The van der Waals surface area contributed by atoms with Crippen LogP contribution in [0.15, 0.2) is 60.7 Å². The number of amides is 3. The lowest BCUT2D eigenvalue weighted by molar-refractivity contribution is -0.118. The van der Waals surface area contributed by atoms with Gasteiger partial charge in [-0.1, -0.05) is 18.2 Å². The SMILES string of the molecule is O=C1COc2cc(C(=O)N(Cc3ccc(C(=O)Nc4ccc5c(c4)CNCC5)cc3)C3CC3)ccc2N1. The van der Waals surface area contributed by atoms with Gasteiger partial charge in [-0.2, -0.15) is 0 Å². The molecule has 188 valence electrons. The first kappa shape index (κ1) is 23.2. The summed E-state index contributed by atoms with van der Waals surface area (Å²) in [7, 11) is 0. The predicted molar refractivity (Wildman–Crippen MR) is 140 cm³/mol. The maximum atomic E-state index is 13.4. The normalized spacial score (nSPS) is 16.1. The summed E-state index contributed by atoms with van der Waals surface area (Å²) in [6, 6.07) is 18.8. The molecule has 8 nitrogen and oxygen atoms in total. The summed E-state index contributed by atoms with van der Waals surface area (Å²) >= 11 is 0. The third-order valence-corrected chi connectivity index (χ3v) is 7.03. The van der Waals surface area contributed by atoms with Crippen LogP contribution in [0.4, 0.5) is 11.4 Å². The lowest BCUT2D eigenvalue weighted by atomic mass is 10.0. The first-order valence-electron chi connectivity index (χ1n) is 12.6. The zero-order valence-electron chi connectivity index (χ0n) is 20.4. The summed E-state index contributed by atoms with van der Waals surface area (Å²) in [6.07, 6.45) is 2.95. The van der Waals surface area contributed by atoms with E-state index < -0.39 is 0 Å². The van der Waals surface area contributed by atoms with Crippen LogP contribution in [-0.4, -0.2) is 41.8 Å². The lowest BCUT2D eigenvalue weighted by Gasteiger charge is -2.24. The van der Waals surface area contributed by atoms with E-state index >= 15 is 0 Å². The molecule has 0 saturated heterocycles. The number of fused-ring (bicyclic) bond motifs is 2. The summed E-state index contributed by atoms with van der Waals surface area (Å²) in [4.78, 5) is 39.6. The number of rotatable bonds is 6. The molecule has 2 aliphatic heterocycles. The van der Waals surface area contributed by atoms with Crippen molar-refractivity contribution in [2.24, 2.45) is 0 Å². The van der Waals surface area contributed by atoms with Crippen LogP contribution in [-0.2, 0) is 24.3 Å². The Balaban J connectivity index is 1.13. The van der Waals surface area contributed by atoms with Crippen molar-refractivity contribution in [1.29, 1.82) is 0 Å². The molecule has 0 unspecified atom stereocenters. The Hall–Kier alpha value is -4.17. The standard InChI is InChI=1S/C29H28N4O4/c34-27-17-37-26-14-21(6-10-25(26)32-27)29(36)33(24-8-9-24)16-18-1-3-20(4-2-18)28(35)31-23-7-5-19-11-12-30-15-22(19)13-23/h1-7,10,13-14,24,30H,8-9,11-12,15-17H2,(H,31,35)(H,32,34). The highest BCUT2D eigenvalue weighted by Crippen LogP contribution is 2.33. The molecular formula is C29H28N4O4. The second kappa shape index (κ2) is 9.71. The molecule has 3 N–H and O–H groups in total. The second-order valence-corrected chi connectivity index (χ2v) is 9.77. The summed E-state index contributed by atoms with van der Waals surface area (Å²) in [6.45, 7) is 2.20. The van der Waals surface area contributed by atoms with Crippen LogP contribution < -0.4 is 20.7 Å². The van der Waals surface area contributed by atoms with Gasteiger partial charge in [-0.15, -0.1) is 0 Å². The van der Waals surface area contributed by atoms with E-state index in [-0.39, 0.29) is 30.4 Å². The Kier molecular flexibility index (Phi) is 6.10. The van der Waals surface area contributed by atoms with Gasteiger partial charge in [-0.3, -0.25) is 14.4 Å². The van der Waals surface area contributed by atoms with Gasteiger partial charge in [0.2, 0.25) is 0 Å². The van der Waals surface area contributed by atoms with Gasteiger partial charge >= 0.3 is 0 Å². The molecule has 3 aromatic rings. The van der Waals surface area contributed by atoms with Crippen LogP contribution in [0.3, 0.4) is 0 Å². The number of carbonyl (C=O) groups is 3. The van der Waals surface area contributed by atoms with Crippen molar-refractivity contribution in [3.05, 3.63) is 88.5 Å². The fraction of sp³-hybridized carbons (Fsp3) is 0.276.